The second kappa shape index (κ2) is 4.46. The third-order valence-electron chi connectivity index (χ3n) is 3.58. The molecule has 98 valence electrons. The van der Waals surface area contributed by atoms with E-state index in [4.69, 9.17) is 0 Å². The molecule has 1 fully saturated rings. The normalized spacial score (nSPS) is 19.9. The molecule has 6 nitrogen and oxygen atoms in total. The Morgan fingerprint density at radius 2 is 2.21 bits per heavy atom. The highest BCUT2D eigenvalue weighted by Gasteiger charge is 2.25. The van der Waals surface area contributed by atoms with Gasteiger partial charge in [0, 0.05) is 32.4 Å². The molecule has 0 aromatic carbocycles. The summed E-state index contributed by atoms with van der Waals surface area (Å²) in [5.74, 6) is 0.125. The summed E-state index contributed by atoms with van der Waals surface area (Å²) >= 11 is 0. The molecule has 1 aliphatic heterocycles. The van der Waals surface area contributed by atoms with E-state index in [9.17, 15) is 9.59 Å². The van der Waals surface area contributed by atoms with Gasteiger partial charge in [-0.05, 0) is 12.5 Å². The number of pyridine rings is 1. The Balaban J connectivity index is 2.04. The molecule has 3 rings (SSSR count). The standard InChI is InChI=1S/C13H14N4O2/c1-16-7-9(2-3-12(16)18)17-8-15-11-4-5-14-6-10(11)13(17)19/h4-6,8-9H,2-3,7H2,1H3/t9-/m0/s1. The van der Waals surface area contributed by atoms with Gasteiger partial charge in [-0.15, -0.1) is 0 Å². The number of aromatic nitrogens is 3. The van der Waals surface area contributed by atoms with Crippen LogP contribution in [0.15, 0.2) is 29.6 Å². The summed E-state index contributed by atoms with van der Waals surface area (Å²) in [5, 5.41) is 0.518. The van der Waals surface area contributed by atoms with E-state index in [-0.39, 0.29) is 17.5 Å². The van der Waals surface area contributed by atoms with Crippen molar-refractivity contribution in [3.8, 4) is 0 Å². The van der Waals surface area contributed by atoms with E-state index in [0.29, 0.717) is 30.3 Å². The van der Waals surface area contributed by atoms with Gasteiger partial charge < -0.3 is 4.90 Å². The number of carbonyl (C=O) groups is 1. The minimum Gasteiger partial charge on any atom is -0.344 e. The van der Waals surface area contributed by atoms with Crippen LogP contribution in [0.3, 0.4) is 0 Å². The van der Waals surface area contributed by atoms with Crippen LogP contribution in [0.5, 0.6) is 0 Å². The molecule has 1 atom stereocenters. The zero-order valence-corrected chi connectivity index (χ0v) is 10.6. The quantitative estimate of drug-likeness (QED) is 0.750. The molecular weight excluding hydrogens is 244 g/mol. The van der Waals surface area contributed by atoms with Crippen molar-refractivity contribution in [3.63, 3.8) is 0 Å². The van der Waals surface area contributed by atoms with Gasteiger partial charge >= 0.3 is 0 Å². The fourth-order valence-electron chi connectivity index (χ4n) is 2.46. The van der Waals surface area contributed by atoms with Crippen LogP contribution in [0.25, 0.3) is 10.9 Å². The van der Waals surface area contributed by atoms with Gasteiger partial charge in [0.2, 0.25) is 5.91 Å². The Kier molecular flexibility index (Phi) is 2.77. The monoisotopic (exact) mass is 258 g/mol. The van der Waals surface area contributed by atoms with Crippen molar-refractivity contribution < 1.29 is 4.79 Å². The van der Waals surface area contributed by atoms with Crippen LogP contribution in [0, 0.1) is 0 Å². The van der Waals surface area contributed by atoms with Crippen LogP contribution in [-0.2, 0) is 4.79 Å². The van der Waals surface area contributed by atoms with Gasteiger partial charge in [-0.3, -0.25) is 19.1 Å². The van der Waals surface area contributed by atoms with Crippen molar-refractivity contribution in [3.05, 3.63) is 35.1 Å². The summed E-state index contributed by atoms with van der Waals surface area (Å²) < 4.78 is 1.62. The number of nitrogens with zero attached hydrogens (tertiary/aromatic N) is 4. The molecule has 19 heavy (non-hydrogen) atoms. The van der Waals surface area contributed by atoms with E-state index in [0.717, 1.165) is 0 Å². The molecular formula is C13H14N4O2. The predicted molar refractivity (Wildman–Crippen MR) is 69.7 cm³/mol. The molecule has 0 spiro atoms. The smallest absolute Gasteiger partial charge is 0.263 e. The highest BCUT2D eigenvalue weighted by Crippen LogP contribution is 2.20. The Labute approximate surface area is 109 Å². The third-order valence-corrected chi connectivity index (χ3v) is 3.58. The molecule has 0 radical (unpaired) electrons. The molecule has 1 saturated heterocycles. The fraction of sp³-hybridized carbons (Fsp3) is 0.385. The minimum absolute atomic E-state index is 0.00712. The molecule has 1 aliphatic rings. The summed E-state index contributed by atoms with van der Waals surface area (Å²) in [6.45, 7) is 0.548. The second-order valence-electron chi connectivity index (χ2n) is 4.82. The lowest BCUT2D eigenvalue weighted by Crippen LogP contribution is -2.40. The first-order valence-electron chi connectivity index (χ1n) is 6.21. The van der Waals surface area contributed by atoms with Crippen molar-refractivity contribution in [2.45, 2.75) is 18.9 Å². The molecule has 0 unspecified atom stereocenters. The van der Waals surface area contributed by atoms with Gasteiger partial charge in [0.1, 0.15) is 0 Å². The maximum absolute atomic E-state index is 12.4. The van der Waals surface area contributed by atoms with Crippen molar-refractivity contribution >= 4 is 16.8 Å². The number of piperidine rings is 1. The number of fused-ring (bicyclic) bond motifs is 1. The lowest BCUT2D eigenvalue weighted by molar-refractivity contribution is -0.132. The summed E-state index contributed by atoms with van der Waals surface area (Å²) in [6.07, 6.45) is 5.87. The predicted octanol–water partition coefficient (Wildman–Crippen LogP) is 0.585. The fourth-order valence-corrected chi connectivity index (χ4v) is 2.46. The number of hydrogen-bond donors (Lipinski definition) is 0. The molecule has 0 aliphatic carbocycles. The number of amides is 1. The number of hydrogen-bond acceptors (Lipinski definition) is 4. The highest BCUT2D eigenvalue weighted by atomic mass is 16.2. The van der Waals surface area contributed by atoms with E-state index >= 15 is 0 Å². The van der Waals surface area contributed by atoms with E-state index in [1.165, 1.54) is 0 Å². The molecule has 1 amide bonds. The summed E-state index contributed by atoms with van der Waals surface area (Å²) in [5.41, 5.74) is 0.558. The van der Waals surface area contributed by atoms with E-state index in [1.54, 1.807) is 41.3 Å². The van der Waals surface area contributed by atoms with Gasteiger partial charge in [0.15, 0.2) is 0 Å². The van der Waals surface area contributed by atoms with Crippen molar-refractivity contribution in [2.24, 2.45) is 0 Å². The zero-order valence-electron chi connectivity index (χ0n) is 10.6. The van der Waals surface area contributed by atoms with Gasteiger partial charge in [-0.2, -0.15) is 0 Å². The Hall–Kier alpha value is -2.24. The molecule has 3 heterocycles. The lowest BCUT2D eigenvalue weighted by atomic mass is 10.1. The minimum atomic E-state index is -0.0918. The average molecular weight is 258 g/mol. The number of likely N-dealkylation sites (tertiary alicyclic amines) is 1. The Morgan fingerprint density at radius 1 is 1.37 bits per heavy atom. The van der Waals surface area contributed by atoms with E-state index < -0.39 is 0 Å². The first kappa shape index (κ1) is 11.8. The van der Waals surface area contributed by atoms with E-state index in [1.807, 2.05) is 0 Å². The first-order valence-corrected chi connectivity index (χ1v) is 6.21. The molecule has 0 bridgehead atoms. The maximum atomic E-state index is 12.4. The number of likely N-dealkylation sites (N-methyl/N-ethyl adjacent to an activating group) is 1. The third kappa shape index (κ3) is 1.99. The van der Waals surface area contributed by atoms with Crippen LogP contribution in [0.2, 0.25) is 0 Å². The first-order chi connectivity index (χ1) is 9.16. The molecule has 0 N–H and O–H groups in total. The molecule has 6 heteroatoms. The highest BCUT2D eigenvalue weighted by molar-refractivity contribution is 5.77. The van der Waals surface area contributed by atoms with Crippen LogP contribution in [-0.4, -0.2) is 38.9 Å². The van der Waals surface area contributed by atoms with Gasteiger partial charge in [-0.1, -0.05) is 0 Å². The van der Waals surface area contributed by atoms with Crippen molar-refractivity contribution in [2.75, 3.05) is 13.6 Å². The second-order valence-corrected chi connectivity index (χ2v) is 4.82. The SMILES string of the molecule is CN1C[C@@H](n2cnc3ccncc3c2=O)CCC1=O. The molecule has 2 aromatic rings. The van der Waals surface area contributed by atoms with Crippen molar-refractivity contribution in [1.82, 2.24) is 19.4 Å². The molecule has 2 aromatic heterocycles. The van der Waals surface area contributed by atoms with Gasteiger partial charge in [0.05, 0.1) is 23.3 Å². The largest absolute Gasteiger partial charge is 0.344 e. The molecule has 0 saturated carbocycles. The zero-order chi connectivity index (χ0) is 13.4. The Bertz CT molecular complexity index is 694. The van der Waals surface area contributed by atoms with Crippen LogP contribution >= 0.6 is 0 Å². The number of rotatable bonds is 1. The summed E-state index contributed by atoms with van der Waals surface area (Å²) in [6, 6.07) is 1.71. The summed E-state index contributed by atoms with van der Waals surface area (Å²) in [4.78, 5) is 33.8. The number of carbonyl (C=O) groups excluding carboxylic acids is 1. The lowest BCUT2D eigenvalue weighted by Gasteiger charge is -2.30. The Morgan fingerprint density at radius 3 is 3.00 bits per heavy atom. The van der Waals surface area contributed by atoms with Crippen LogP contribution in [0.1, 0.15) is 18.9 Å². The van der Waals surface area contributed by atoms with Crippen LogP contribution < -0.4 is 5.56 Å². The van der Waals surface area contributed by atoms with Gasteiger partial charge in [0.25, 0.3) is 5.56 Å². The summed E-state index contributed by atoms with van der Waals surface area (Å²) in [7, 11) is 1.76. The topological polar surface area (TPSA) is 68.1 Å². The van der Waals surface area contributed by atoms with Gasteiger partial charge in [-0.25, -0.2) is 4.98 Å². The van der Waals surface area contributed by atoms with Crippen molar-refractivity contribution in [1.29, 1.82) is 0 Å². The van der Waals surface area contributed by atoms with E-state index in [2.05, 4.69) is 9.97 Å². The van der Waals surface area contributed by atoms with Crippen LogP contribution in [0.4, 0.5) is 0 Å². The maximum Gasteiger partial charge on any atom is 0.263 e. The average Bonchev–Trinajstić information content (AvgIpc) is 2.43.